The number of carbonyl (C=O) groups is 1. The molecule has 0 spiro atoms. The maximum absolute atomic E-state index is 13.5. The average Bonchev–Trinajstić information content (AvgIpc) is 2.55. The van der Waals surface area contributed by atoms with Gasteiger partial charge in [0.05, 0.1) is 23.3 Å². The molecule has 2 aromatic rings. The lowest BCUT2D eigenvalue weighted by atomic mass is 9.92. The number of aromatic nitrogens is 3. The van der Waals surface area contributed by atoms with Gasteiger partial charge in [0.2, 0.25) is 11.9 Å². The van der Waals surface area contributed by atoms with Crippen LogP contribution in [-0.4, -0.2) is 27.4 Å². The standard InChI is InChI=1S/C20H26FN5O/c1-12-18(25-17(27)9-20(3,4)5)13(2)24-19(23-12)26-7-6-16-14(11-26)8-15(21)10-22-16/h8,10H,6-7,9,11H2,1-5H3,(H,25,27). The van der Waals surface area contributed by atoms with Crippen molar-refractivity contribution >= 4 is 17.5 Å². The van der Waals surface area contributed by atoms with Crippen molar-refractivity contribution in [2.24, 2.45) is 5.41 Å². The Morgan fingerprint density at radius 2 is 1.93 bits per heavy atom. The van der Waals surface area contributed by atoms with Crippen LogP contribution >= 0.6 is 0 Å². The third-order valence-corrected chi connectivity index (χ3v) is 4.50. The average molecular weight is 371 g/mol. The summed E-state index contributed by atoms with van der Waals surface area (Å²) in [4.78, 5) is 27.6. The first-order valence-electron chi connectivity index (χ1n) is 9.16. The van der Waals surface area contributed by atoms with Crippen molar-refractivity contribution in [1.82, 2.24) is 15.0 Å². The van der Waals surface area contributed by atoms with E-state index < -0.39 is 0 Å². The molecule has 7 heteroatoms. The zero-order chi connectivity index (χ0) is 19.8. The fraction of sp³-hybridized carbons (Fsp3) is 0.500. The molecule has 0 fully saturated rings. The molecule has 1 amide bonds. The van der Waals surface area contributed by atoms with E-state index in [0.717, 1.165) is 35.6 Å². The van der Waals surface area contributed by atoms with Crippen LogP contribution in [0.15, 0.2) is 12.3 Å². The molecule has 3 rings (SSSR count). The number of carbonyl (C=O) groups excluding carboxylic acids is 1. The zero-order valence-corrected chi connectivity index (χ0v) is 16.6. The molecule has 0 aliphatic carbocycles. The number of hydrogen-bond donors (Lipinski definition) is 1. The smallest absolute Gasteiger partial charge is 0.226 e. The van der Waals surface area contributed by atoms with Gasteiger partial charge in [-0.2, -0.15) is 0 Å². The van der Waals surface area contributed by atoms with E-state index in [1.807, 2.05) is 39.5 Å². The predicted octanol–water partition coefficient (Wildman–Crippen LogP) is 3.56. The van der Waals surface area contributed by atoms with Crippen molar-refractivity contribution in [2.45, 2.75) is 54.0 Å². The Morgan fingerprint density at radius 3 is 2.56 bits per heavy atom. The number of anilines is 2. The van der Waals surface area contributed by atoms with E-state index in [1.54, 1.807) is 0 Å². The van der Waals surface area contributed by atoms with Crippen molar-refractivity contribution in [2.75, 3.05) is 16.8 Å². The first-order valence-corrected chi connectivity index (χ1v) is 9.16. The first-order chi connectivity index (χ1) is 12.6. The second-order valence-electron chi connectivity index (χ2n) is 8.29. The molecule has 0 saturated carbocycles. The van der Waals surface area contributed by atoms with Gasteiger partial charge in [-0.05, 0) is 30.9 Å². The molecule has 0 bridgehead atoms. The summed E-state index contributed by atoms with van der Waals surface area (Å²) in [6.45, 7) is 11.1. The van der Waals surface area contributed by atoms with E-state index in [0.29, 0.717) is 24.6 Å². The molecule has 1 N–H and O–H groups in total. The van der Waals surface area contributed by atoms with Crippen LogP contribution in [0, 0.1) is 25.1 Å². The second kappa shape index (κ2) is 7.21. The van der Waals surface area contributed by atoms with Crippen LogP contribution in [0.25, 0.3) is 0 Å². The van der Waals surface area contributed by atoms with Crippen LogP contribution in [0.5, 0.6) is 0 Å². The Bertz CT molecular complexity index is 852. The third-order valence-electron chi connectivity index (χ3n) is 4.50. The molecule has 0 radical (unpaired) electrons. The molecule has 6 nitrogen and oxygen atoms in total. The number of pyridine rings is 1. The maximum atomic E-state index is 13.5. The highest BCUT2D eigenvalue weighted by Crippen LogP contribution is 2.26. The SMILES string of the molecule is Cc1nc(N2CCc3ncc(F)cc3C2)nc(C)c1NC(=O)CC(C)(C)C. The van der Waals surface area contributed by atoms with E-state index in [-0.39, 0.29) is 17.1 Å². The van der Waals surface area contributed by atoms with Crippen molar-refractivity contribution < 1.29 is 9.18 Å². The van der Waals surface area contributed by atoms with Gasteiger partial charge in [0, 0.05) is 31.6 Å². The van der Waals surface area contributed by atoms with Crippen LogP contribution < -0.4 is 10.2 Å². The van der Waals surface area contributed by atoms with Crippen molar-refractivity contribution in [3.8, 4) is 0 Å². The van der Waals surface area contributed by atoms with Gasteiger partial charge in [0.15, 0.2) is 0 Å². The lowest BCUT2D eigenvalue weighted by Crippen LogP contribution is -2.33. The number of fused-ring (bicyclic) bond motifs is 1. The lowest BCUT2D eigenvalue weighted by molar-refractivity contribution is -0.117. The summed E-state index contributed by atoms with van der Waals surface area (Å²) in [6.07, 6.45) is 2.41. The van der Waals surface area contributed by atoms with Crippen LogP contribution in [-0.2, 0) is 17.8 Å². The molecule has 1 aliphatic heterocycles. The van der Waals surface area contributed by atoms with Gasteiger partial charge in [-0.3, -0.25) is 9.78 Å². The summed E-state index contributed by atoms with van der Waals surface area (Å²) in [5.74, 6) is 0.216. The van der Waals surface area contributed by atoms with Crippen molar-refractivity contribution in [1.29, 1.82) is 0 Å². The van der Waals surface area contributed by atoms with Gasteiger partial charge in [-0.25, -0.2) is 14.4 Å². The van der Waals surface area contributed by atoms with Gasteiger partial charge in [0.1, 0.15) is 5.82 Å². The zero-order valence-electron chi connectivity index (χ0n) is 16.6. The monoisotopic (exact) mass is 371 g/mol. The highest BCUT2D eigenvalue weighted by Gasteiger charge is 2.22. The van der Waals surface area contributed by atoms with E-state index in [2.05, 4.69) is 20.3 Å². The Kier molecular flexibility index (Phi) is 5.13. The second-order valence-corrected chi connectivity index (χ2v) is 8.29. The molecule has 0 atom stereocenters. The molecule has 0 saturated heterocycles. The minimum absolute atomic E-state index is 0.0431. The number of halogens is 1. The van der Waals surface area contributed by atoms with Crippen LogP contribution in [0.3, 0.4) is 0 Å². The van der Waals surface area contributed by atoms with E-state index >= 15 is 0 Å². The minimum atomic E-state index is -0.333. The molecule has 2 aromatic heterocycles. The number of amides is 1. The van der Waals surface area contributed by atoms with Crippen molar-refractivity contribution in [3.05, 3.63) is 40.7 Å². The Hall–Kier alpha value is -2.57. The summed E-state index contributed by atoms with van der Waals surface area (Å²) in [5.41, 5.74) is 3.82. The molecule has 144 valence electrons. The van der Waals surface area contributed by atoms with Crippen LogP contribution in [0.2, 0.25) is 0 Å². The third kappa shape index (κ3) is 4.59. The number of rotatable bonds is 3. The highest BCUT2D eigenvalue weighted by molar-refractivity contribution is 5.92. The van der Waals surface area contributed by atoms with E-state index in [1.165, 1.54) is 12.3 Å². The van der Waals surface area contributed by atoms with E-state index in [4.69, 9.17) is 0 Å². The quantitative estimate of drug-likeness (QED) is 0.893. The topological polar surface area (TPSA) is 71.0 Å². The minimum Gasteiger partial charge on any atom is -0.336 e. The summed E-state index contributed by atoms with van der Waals surface area (Å²) >= 11 is 0. The van der Waals surface area contributed by atoms with E-state index in [9.17, 15) is 9.18 Å². The van der Waals surface area contributed by atoms with Gasteiger partial charge in [-0.1, -0.05) is 20.8 Å². The van der Waals surface area contributed by atoms with Gasteiger partial charge in [0.25, 0.3) is 0 Å². The molecule has 1 aliphatic rings. The predicted molar refractivity (Wildman–Crippen MR) is 103 cm³/mol. The highest BCUT2D eigenvalue weighted by atomic mass is 19.1. The molecular weight excluding hydrogens is 345 g/mol. The van der Waals surface area contributed by atoms with Crippen molar-refractivity contribution in [3.63, 3.8) is 0 Å². The summed E-state index contributed by atoms with van der Waals surface area (Å²) < 4.78 is 13.5. The van der Waals surface area contributed by atoms with Gasteiger partial charge in [-0.15, -0.1) is 0 Å². The molecule has 0 unspecified atom stereocenters. The first kappa shape index (κ1) is 19.2. The van der Waals surface area contributed by atoms with Gasteiger partial charge >= 0.3 is 0 Å². The fourth-order valence-electron chi connectivity index (χ4n) is 3.25. The number of nitrogens with zero attached hydrogens (tertiary/aromatic N) is 4. The Balaban J connectivity index is 1.80. The molecular formula is C20H26FN5O. The normalized spacial score (nSPS) is 14.1. The number of hydrogen-bond acceptors (Lipinski definition) is 5. The molecule has 27 heavy (non-hydrogen) atoms. The fourth-order valence-corrected chi connectivity index (χ4v) is 3.25. The Labute approximate surface area is 159 Å². The maximum Gasteiger partial charge on any atom is 0.226 e. The lowest BCUT2D eigenvalue weighted by Gasteiger charge is -2.29. The van der Waals surface area contributed by atoms with Gasteiger partial charge < -0.3 is 10.2 Å². The summed E-state index contributed by atoms with van der Waals surface area (Å²) in [7, 11) is 0. The molecule has 0 aromatic carbocycles. The summed E-state index contributed by atoms with van der Waals surface area (Å²) in [5, 5.41) is 2.95. The Morgan fingerprint density at radius 1 is 1.26 bits per heavy atom. The number of aryl methyl sites for hydroxylation is 2. The van der Waals surface area contributed by atoms with Crippen LogP contribution in [0.4, 0.5) is 16.0 Å². The molecule has 3 heterocycles. The largest absolute Gasteiger partial charge is 0.336 e. The number of nitrogens with one attached hydrogen (secondary N) is 1. The summed E-state index contributed by atoms with van der Waals surface area (Å²) in [6, 6.07) is 1.52. The van der Waals surface area contributed by atoms with Crippen LogP contribution in [0.1, 0.15) is 49.8 Å².